The van der Waals surface area contributed by atoms with E-state index in [1.54, 1.807) is 6.92 Å². The summed E-state index contributed by atoms with van der Waals surface area (Å²) in [6, 6.07) is 0. The Kier molecular flexibility index (Phi) is 13.7. The summed E-state index contributed by atoms with van der Waals surface area (Å²) in [7, 11) is -4.69. The van der Waals surface area contributed by atoms with Gasteiger partial charge in [0.05, 0.1) is 6.61 Å². The van der Waals surface area contributed by atoms with Crippen molar-refractivity contribution in [2.24, 2.45) is 0 Å². The van der Waals surface area contributed by atoms with E-state index >= 15 is 0 Å². The first-order chi connectivity index (χ1) is 11.8. The summed E-state index contributed by atoms with van der Waals surface area (Å²) in [5, 5.41) is 0. The maximum absolute atomic E-state index is 11.8. The molecule has 0 aromatic rings. The van der Waals surface area contributed by atoms with E-state index < -0.39 is 32.5 Å². The normalized spacial score (nSPS) is 12.6. The predicted octanol–water partition coefficient (Wildman–Crippen LogP) is 3.10. The molecule has 148 valence electrons. The molecule has 0 heterocycles. The number of carbonyl (C=O) groups is 2. The molecule has 0 fully saturated rings. The van der Waals surface area contributed by atoms with Crippen molar-refractivity contribution in [2.75, 3.05) is 13.2 Å². The van der Waals surface area contributed by atoms with Crippen molar-refractivity contribution < 1.29 is 37.9 Å². The van der Waals surface area contributed by atoms with Crippen molar-refractivity contribution in [2.45, 2.75) is 77.7 Å². The molecule has 0 saturated heterocycles. The van der Waals surface area contributed by atoms with Gasteiger partial charge in [-0.1, -0.05) is 52.4 Å². The molecule has 0 spiro atoms. The quantitative estimate of drug-likeness (QED) is 0.252. The molecule has 0 rings (SSSR count). The Balaban J connectivity index is 4.12. The molecule has 0 radical (unpaired) electrons. The third-order valence-electron chi connectivity index (χ3n) is 3.43. The summed E-state index contributed by atoms with van der Waals surface area (Å²) in [5.74, 6) is -0.996. The van der Waals surface area contributed by atoms with Crippen LogP contribution in [0.25, 0.3) is 0 Å². The summed E-state index contributed by atoms with van der Waals surface area (Å²) < 4.78 is 25.0. The zero-order valence-corrected chi connectivity index (χ0v) is 16.0. The fraction of sp³-hybridized carbons (Fsp3) is 0.875. The largest absolute Gasteiger partial charge is 0.469 e. The van der Waals surface area contributed by atoms with Gasteiger partial charge in [-0.3, -0.25) is 14.1 Å². The third kappa shape index (κ3) is 16.3. The highest BCUT2D eigenvalue weighted by molar-refractivity contribution is 7.46. The number of phosphoric acid groups is 1. The van der Waals surface area contributed by atoms with Gasteiger partial charge in [0.1, 0.15) is 6.61 Å². The monoisotopic (exact) mass is 382 g/mol. The lowest BCUT2D eigenvalue weighted by atomic mass is 10.1. The minimum Gasteiger partial charge on any atom is -0.462 e. The van der Waals surface area contributed by atoms with Gasteiger partial charge in [0.2, 0.25) is 0 Å². The fourth-order valence-electron chi connectivity index (χ4n) is 2.06. The Morgan fingerprint density at radius 3 is 2.08 bits per heavy atom. The van der Waals surface area contributed by atoms with Crippen molar-refractivity contribution >= 4 is 19.8 Å². The first-order valence-electron chi connectivity index (χ1n) is 8.83. The smallest absolute Gasteiger partial charge is 0.462 e. The van der Waals surface area contributed by atoms with Gasteiger partial charge >= 0.3 is 19.8 Å². The van der Waals surface area contributed by atoms with Crippen LogP contribution in [0.2, 0.25) is 0 Å². The van der Waals surface area contributed by atoms with Gasteiger partial charge in [0, 0.05) is 12.8 Å². The van der Waals surface area contributed by atoms with Gasteiger partial charge in [0.25, 0.3) is 0 Å². The van der Waals surface area contributed by atoms with Crippen molar-refractivity contribution in [3.8, 4) is 0 Å². The lowest BCUT2D eigenvalue weighted by molar-refractivity contribution is -0.161. The molecular formula is C16H31O8P. The Bertz CT molecular complexity index is 420. The second kappa shape index (κ2) is 14.2. The maximum Gasteiger partial charge on any atom is 0.469 e. The molecule has 0 aliphatic rings. The van der Waals surface area contributed by atoms with Crippen LogP contribution in [0.4, 0.5) is 0 Å². The molecule has 0 aliphatic heterocycles. The summed E-state index contributed by atoms with van der Waals surface area (Å²) in [6.07, 6.45) is 6.75. The number of ether oxygens (including phenoxy) is 2. The lowest BCUT2D eigenvalue weighted by Gasteiger charge is -2.18. The van der Waals surface area contributed by atoms with E-state index in [1.807, 2.05) is 0 Å². The van der Waals surface area contributed by atoms with Gasteiger partial charge in [-0.25, -0.2) is 4.57 Å². The first-order valence-corrected chi connectivity index (χ1v) is 10.4. The molecule has 0 amide bonds. The third-order valence-corrected chi connectivity index (χ3v) is 3.92. The highest BCUT2D eigenvalue weighted by Crippen LogP contribution is 2.35. The molecule has 0 aromatic heterocycles. The van der Waals surface area contributed by atoms with Crippen LogP contribution in [0.5, 0.6) is 0 Å². The number of carbonyl (C=O) groups excluding carboxylic acids is 2. The SMILES string of the molecule is CCCCCCCCCC(=O)OC(COC(=O)CC)COP(=O)(O)O. The zero-order valence-electron chi connectivity index (χ0n) is 15.1. The lowest BCUT2D eigenvalue weighted by Crippen LogP contribution is -2.29. The average Bonchev–Trinajstić information content (AvgIpc) is 2.55. The number of unbranched alkanes of at least 4 members (excludes halogenated alkanes) is 6. The Labute approximate surface area is 149 Å². The van der Waals surface area contributed by atoms with Crippen LogP contribution in [0.3, 0.4) is 0 Å². The van der Waals surface area contributed by atoms with Crippen LogP contribution in [0.15, 0.2) is 0 Å². The molecule has 9 heteroatoms. The van der Waals surface area contributed by atoms with E-state index in [2.05, 4.69) is 11.4 Å². The Morgan fingerprint density at radius 2 is 1.52 bits per heavy atom. The Morgan fingerprint density at radius 1 is 0.920 bits per heavy atom. The molecule has 0 saturated carbocycles. The topological polar surface area (TPSA) is 119 Å². The molecule has 1 unspecified atom stereocenters. The van der Waals surface area contributed by atoms with Crippen LogP contribution >= 0.6 is 7.82 Å². The number of hydrogen-bond acceptors (Lipinski definition) is 6. The highest BCUT2D eigenvalue weighted by atomic mass is 31.2. The van der Waals surface area contributed by atoms with Crippen molar-refractivity contribution in [3.05, 3.63) is 0 Å². The summed E-state index contributed by atoms with van der Waals surface area (Å²) in [4.78, 5) is 40.4. The first kappa shape index (κ1) is 24.1. The van der Waals surface area contributed by atoms with Crippen LogP contribution in [-0.2, 0) is 28.2 Å². The zero-order chi connectivity index (χ0) is 19.1. The van der Waals surface area contributed by atoms with Gasteiger partial charge in [-0.05, 0) is 6.42 Å². The van der Waals surface area contributed by atoms with Crippen molar-refractivity contribution in [1.29, 1.82) is 0 Å². The second-order valence-electron chi connectivity index (χ2n) is 5.81. The van der Waals surface area contributed by atoms with Crippen LogP contribution < -0.4 is 0 Å². The van der Waals surface area contributed by atoms with Gasteiger partial charge in [-0.2, -0.15) is 0 Å². The van der Waals surface area contributed by atoms with E-state index in [4.69, 9.17) is 19.3 Å². The second-order valence-corrected chi connectivity index (χ2v) is 7.05. The molecule has 2 N–H and O–H groups in total. The van der Waals surface area contributed by atoms with E-state index in [1.165, 1.54) is 19.3 Å². The minimum atomic E-state index is -4.69. The van der Waals surface area contributed by atoms with Crippen molar-refractivity contribution in [3.63, 3.8) is 0 Å². The van der Waals surface area contributed by atoms with Gasteiger partial charge in [0.15, 0.2) is 6.10 Å². The van der Waals surface area contributed by atoms with Crippen LogP contribution in [0, 0.1) is 0 Å². The van der Waals surface area contributed by atoms with Gasteiger partial charge < -0.3 is 19.3 Å². The average molecular weight is 382 g/mol. The number of phosphoric ester groups is 1. The minimum absolute atomic E-state index is 0.151. The molecule has 0 aromatic carbocycles. The van der Waals surface area contributed by atoms with Crippen LogP contribution in [0.1, 0.15) is 71.6 Å². The molecule has 0 aliphatic carbocycles. The molecule has 1 atom stereocenters. The van der Waals surface area contributed by atoms with Gasteiger partial charge in [-0.15, -0.1) is 0 Å². The molecule has 8 nitrogen and oxygen atoms in total. The molecular weight excluding hydrogens is 351 g/mol. The highest BCUT2D eigenvalue weighted by Gasteiger charge is 2.22. The predicted molar refractivity (Wildman–Crippen MR) is 91.7 cm³/mol. The molecule has 25 heavy (non-hydrogen) atoms. The summed E-state index contributed by atoms with van der Waals surface area (Å²) in [5.41, 5.74) is 0. The van der Waals surface area contributed by atoms with E-state index in [-0.39, 0.29) is 19.4 Å². The number of rotatable bonds is 15. The standard InChI is InChI=1S/C16H31O8P/c1-3-5-6-7-8-9-10-11-16(18)24-14(12-22-15(17)4-2)13-23-25(19,20)21/h14H,3-13H2,1-2H3,(H2,19,20,21). The number of hydrogen-bond donors (Lipinski definition) is 2. The van der Waals surface area contributed by atoms with E-state index in [9.17, 15) is 14.2 Å². The fourth-order valence-corrected chi connectivity index (χ4v) is 2.42. The van der Waals surface area contributed by atoms with Crippen molar-refractivity contribution in [1.82, 2.24) is 0 Å². The van der Waals surface area contributed by atoms with E-state index in [0.717, 1.165) is 19.3 Å². The summed E-state index contributed by atoms with van der Waals surface area (Å²) in [6.45, 7) is 2.93. The van der Waals surface area contributed by atoms with Crippen LogP contribution in [-0.4, -0.2) is 41.0 Å². The molecule has 0 bridgehead atoms. The van der Waals surface area contributed by atoms with E-state index in [0.29, 0.717) is 6.42 Å². The Hall–Kier alpha value is -0.950. The number of esters is 2. The maximum atomic E-state index is 11.8. The summed E-state index contributed by atoms with van der Waals surface area (Å²) >= 11 is 0.